The highest BCUT2D eigenvalue weighted by Gasteiger charge is 2.30. The average Bonchev–Trinajstić information content (AvgIpc) is 2.29. The fraction of sp³-hybridized carbons (Fsp3) is 1.00. The van der Waals surface area contributed by atoms with E-state index in [9.17, 15) is 8.42 Å². The standard InChI is InChI=1S/C12H23NO2S2/c1-17(14,15)12-6-2-4-10(8-12)13-11-5-3-7-16-9-11/h10-13H,2-9H2,1H3. The molecule has 2 fully saturated rings. The van der Waals surface area contributed by atoms with Crippen molar-refractivity contribution in [2.24, 2.45) is 0 Å². The number of hydrogen-bond acceptors (Lipinski definition) is 4. The first-order valence-corrected chi connectivity index (χ1v) is 9.69. The molecule has 2 rings (SSSR count). The molecule has 1 aliphatic carbocycles. The van der Waals surface area contributed by atoms with E-state index < -0.39 is 9.84 Å². The van der Waals surface area contributed by atoms with E-state index in [1.807, 2.05) is 11.8 Å². The maximum atomic E-state index is 11.6. The van der Waals surface area contributed by atoms with Crippen molar-refractivity contribution >= 4 is 21.6 Å². The van der Waals surface area contributed by atoms with Crippen LogP contribution in [0.4, 0.5) is 0 Å². The molecule has 1 heterocycles. The van der Waals surface area contributed by atoms with Crippen molar-refractivity contribution in [2.45, 2.75) is 55.9 Å². The molecule has 0 spiro atoms. The molecule has 1 saturated heterocycles. The molecule has 0 radical (unpaired) electrons. The van der Waals surface area contributed by atoms with Gasteiger partial charge in [0.1, 0.15) is 9.84 Å². The maximum absolute atomic E-state index is 11.6. The quantitative estimate of drug-likeness (QED) is 0.855. The van der Waals surface area contributed by atoms with Crippen LogP contribution < -0.4 is 5.32 Å². The van der Waals surface area contributed by atoms with Crippen LogP contribution in [0.5, 0.6) is 0 Å². The second kappa shape index (κ2) is 5.93. The first-order valence-electron chi connectivity index (χ1n) is 6.58. The Balaban J connectivity index is 1.84. The summed E-state index contributed by atoms with van der Waals surface area (Å²) in [6, 6.07) is 1.03. The summed E-state index contributed by atoms with van der Waals surface area (Å²) in [5.74, 6) is 2.48. The van der Waals surface area contributed by atoms with E-state index in [0.717, 1.165) is 25.7 Å². The van der Waals surface area contributed by atoms with Crippen LogP contribution in [0, 0.1) is 0 Å². The topological polar surface area (TPSA) is 46.2 Å². The van der Waals surface area contributed by atoms with Crippen LogP contribution in [0.2, 0.25) is 0 Å². The minimum atomic E-state index is -2.84. The summed E-state index contributed by atoms with van der Waals surface area (Å²) in [6.45, 7) is 0. The summed E-state index contributed by atoms with van der Waals surface area (Å²) >= 11 is 2.02. The molecule has 5 heteroatoms. The Morgan fingerprint density at radius 2 is 1.88 bits per heavy atom. The third kappa shape index (κ3) is 4.14. The van der Waals surface area contributed by atoms with E-state index >= 15 is 0 Å². The van der Waals surface area contributed by atoms with Crippen LogP contribution in [0.15, 0.2) is 0 Å². The lowest BCUT2D eigenvalue weighted by molar-refractivity contribution is 0.336. The number of thioether (sulfide) groups is 1. The van der Waals surface area contributed by atoms with E-state index in [4.69, 9.17) is 0 Å². The third-order valence-electron chi connectivity index (χ3n) is 3.86. The second-order valence-electron chi connectivity index (χ2n) is 5.40. The molecule has 1 saturated carbocycles. The van der Waals surface area contributed by atoms with Crippen molar-refractivity contribution in [3.63, 3.8) is 0 Å². The summed E-state index contributed by atoms with van der Waals surface area (Å²) in [5.41, 5.74) is 0. The molecule has 0 amide bonds. The molecule has 3 unspecified atom stereocenters. The summed E-state index contributed by atoms with van der Waals surface area (Å²) in [7, 11) is -2.84. The summed E-state index contributed by atoms with van der Waals surface area (Å²) < 4.78 is 23.2. The van der Waals surface area contributed by atoms with E-state index in [2.05, 4.69) is 5.32 Å². The van der Waals surface area contributed by atoms with Gasteiger partial charge in [-0.15, -0.1) is 0 Å². The Morgan fingerprint density at radius 3 is 2.53 bits per heavy atom. The Kier molecular flexibility index (Phi) is 4.78. The summed E-state index contributed by atoms with van der Waals surface area (Å²) in [4.78, 5) is 0. The van der Waals surface area contributed by atoms with Crippen molar-refractivity contribution in [1.29, 1.82) is 0 Å². The molecular formula is C12H23NO2S2. The van der Waals surface area contributed by atoms with Crippen LogP contribution >= 0.6 is 11.8 Å². The van der Waals surface area contributed by atoms with Crippen LogP contribution in [0.1, 0.15) is 38.5 Å². The van der Waals surface area contributed by atoms with Gasteiger partial charge in [0.05, 0.1) is 5.25 Å². The molecule has 2 aliphatic rings. The molecule has 100 valence electrons. The van der Waals surface area contributed by atoms with Crippen molar-refractivity contribution < 1.29 is 8.42 Å². The number of rotatable bonds is 3. The second-order valence-corrected chi connectivity index (χ2v) is 8.87. The lowest BCUT2D eigenvalue weighted by atomic mass is 9.94. The Labute approximate surface area is 109 Å². The predicted molar refractivity (Wildman–Crippen MR) is 74.4 cm³/mol. The first-order chi connectivity index (χ1) is 8.05. The van der Waals surface area contributed by atoms with Gasteiger partial charge in [0.25, 0.3) is 0 Å². The number of sulfone groups is 1. The zero-order valence-electron chi connectivity index (χ0n) is 10.5. The molecule has 0 aromatic rings. The molecule has 1 aliphatic heterocycles. The van der Waals surface area contributed by atoms with Gasteiger partial charge in [0.15, 0.2) is 0 Å². The molecule has 0 bridgehead atoms. The van der Waals surface area contributed by atoms with Gasteiger partial charge in [-0.2, -0.15) is 11.8 Å². The molecule has 0 aromatic heterocycles. The normalized spacial score (nSPS) is 35.7. The van der Waals surface area contributed by atoms with Gasteiger partial charge in [-0.3, -0.25) is 0 Å². The molecule has 0 aromatic carbocycles. The molecule has 17 heavy (non-hydrogen) atoms. The van der Waals surface area contributed by atoms with Crippen molar-refractivity contribution in [3.05, 3.63) is 0 Å². The summed E-state index contributed by atoms with van der Waals surface area (Å²) in [6.07, 6.45) is 7.81. The van der Waals surface area contributed by atoms with Crippen LogP contribution in [-0.4, -0.2) is 43.5 Å². The zero-order chi connectivity index (χ0) is 12.3. The minimum Gasteiger partial charge on any atom is -0.310 e. The van der Waals surface area contributed by atoms with E-state index in [1.54, 1.807) is 0 Å². The van der Waals surface area contributed by atoms with Gasteiger partial charge in [0.2, 0.25) is 0 Å². The third-order valence-corrected chi connectivity index (χ3v) is 6.72. The monoisotopic (exact) mass is 277 g/mol. The molecule has 3 nitrogen and oxygen atoms in total. The van der Waals surface area contributed by atoms with Gasteiger partial charge in [-0.05, 0) is 37.9 Å². The SMILES string of the molecule is CS(=O)(=O)C1CCCC(NC2CCCSC2)C1. The Bertz CT molecular complexity index is 336. The van der Waals surface area contributed by atoms with E-state index in [1.165, 1.54) is 30.6 Å². The van der Waals surface area contributed by atoms with E-state index in [-0.39, 0.29) is 5.25 Å². The molecule has 3 atom stereocenters. The number of nitrogens with one attached hydrogen (secondary N) is 1. The van der Waals surface area contributed by atoms with Crippen LogP contribution in [0.3, 0.4) is 0 Å². The fourth-order valence-electron chi connectivity index (χ4n) is 2.89. The fourth-order valence-corrected chi connectivity index (χ4v) is 5.15. The van der Waals surface area contributed by atoms with Gasteiger partial charge >= 0.3 is 0 Å². The van der Waals surface area contributed by atoms with Gasteiger partial charge in [-0.25, -0.2) is 8.42 Å². The zero-order valence-corrected chi connectivity index (χ0v) is 12.2. The van der Waals surface area contributed by atoms with E-state index in [0.29, 0.717) is 12.1 Å². The lowest BCUT2D eigenvalue weighted by Gasteiger charge is -2.33. The Hall–Kier alpha value is 0.260. The van der Waals surface area contributed by atoms with Gasteiger partial charge < -0.3 is 5.32 Å². The van der Waals surface area contributed by atoms with Crippen molar-refractivity contribution in [2.75, 3.05) is 17.8 Å². The highest BCUT2D eigenvalue weighted by Crippen LogP contribution is 2.25. The molecule has 1 N–H and O–H groups in total. The average molecular weight is 277 g/mol. The first kappa shape index (κ1) is 13.7. The Morgan fingerprint density at radius 1 is 1.12 bits per heavy atom. The molecular weight excluding hydrogens is 254 g/mol. The minimum absolute atomic E-state index is 0.106. The predicted octanol–water partition coefficient (Wildman–Crippen LogP) is 1.83. The highest BCUT2D eigenvalue weighted by atomic mass is 32.2. The van der Waals surface area contributed by atoms with Crippen LogP contribution in [-0.2, 0) is 9.84 Å². The van der Waals surface area contributed by atoms with Gasteiger partial charge in [0, 0.05) is 24.1 Å². The van der Waals surface area contributed by atoms with Crippen molar-refractivity contribution in [1.82, 2.24) is 5.32 Å². The summed E-state index contributed by atoms with van der Waals surface area (Å²) in [5, 5.41) is 3.57. The largest absolute Gasteiger partial charge is 0.310 e. The van der Waals surface area contributed by atoms with Crippen LogP contribution in [0.25, 0.3) is 0 Å². The highest BCUT2D eigenvalue weighted by molar-refractivity contribution is 7.99. The number of hydrogen-bond donors (Lipinski definition) is 1. The van der Waals surface area contributed by atoms with Crippen molar-refractivity contribution in [3.8, 4) is 0 Å². The lowest BCUT2D eigenvalue weighted by Crippen LogP contribution is -2.45. The van der Waals surface area contributed by atoms with Gasteiger partial charge in [-0.1, -0.05) is 6.42 Å². The smallest absolute Gasteiger partial charge is 0.150 e. The maximum Gasteiger partial charge on any atom is 0.150 e.